The Hall–Kier alpha value is -1.79. The summed E-state index contributed by atoms with van der Waals surface area (Å²) in [5.41, 5.74) is 0.412. The molecule has 1 atom stereocenters. The van der Waals surface area contributed by atoms with E-state index in [0.29, 0.717) is 13.8 Å². The molecule has 1 aromatic heterocycles. The van der Waals surface area contributed by atoms with E-state index in [0.717, 1.165) is 15.9 Å². The zero-order valence-corrected chi connectivity index (χ0v) is 9.40. The third-order valence-electron chi connectivity index (χ3n) is 2.76. The highest BCUT2D eigenvalue weighted by Crippen LogP contribution is 2.39. The van der Waals surface area contributed by atoms with Crippen LogP contribution in [0.2, 0.25) is 0 Å². The Kier molecular flexibility index (Phi) is 1.98. The number of carboxylic acids is 1. The predicted octanol–water partition coefficient (Wildman–Crippen LogP) is 3.72. The smallest absolute Gasteiger partial charge is 0.336 e. The molecule has 2 nitrogen and oxygen atoms in total. The van der Waals surface area contributed by atoms with Crippen LogP contribution in [0.5, 0.6) is 0 Å². The first-order valence-electron chi connectivity index (χ1n) is 5.00. The highest BCUT2D eigenvalue weighted by molar-refractivity contribution is 7.44. The van der Waals surface area contributed by atoms with Gasteiger partial charge in [-0.25, -0.2) is 4.79 Å². The summed E-state index contributed by atoms with van der Waals surface area (Å²) in [6.07, 6.45) is 0. The van der Waals surface area contributed by atoms with Crippen molar-refractivity contribution in [2.45, 2.75) is 0 Å². The number of carbonyl (C=O) groups is 1. The molecule has 0 amide bonds. The van der Waals surface area contributed by atoms with Crippen LogP contribution in [0, 0.1) is 0 Å². The normalized spacial score (nSPS) is 11.5. The molecule has 0 fully saturated rings. The Bertz CT molecular complexity index is 697. The van der Waals surface area contributed by atoms with Gasteiger partial charge in [-0.05, 0) is 16.6 Å². The molecule has 0 aliphatic rings. The molecule has 3 heteroatoms. The molecule has 0 aliphatic carbocycles. The molecule has 0 radical (unpaired) electrons. The lowest BCUT2D eigenvalue weighted by Gasteiger charge is -1.98. The SMILES string of the molecule is O=C(O)c1cccc2[pH]c3ccccc3c12. The van der Waals surface area contributed by atoms with Gasteiger partial charge in [0.05, 0.1) is 5.56 Å². The van der Waals surface area contributed by atoms with E-state index in [2.05, 4.69) is 6.07 Å². The molecular formula is C13H9O2P. The molecule has 2 aromatic carbocycles. The van der Waals surface area contributed by atoms with Gasteiger partial charge in [-0.2, -0.15) is 0 Å². The molecule has 0 saturated carbocycles. The standard InChI is InChI=1S/C13H9O2P/c14-13(15)9-5-3-7-11-12(9)8-4-1-2-6-10(8)16-11/h1-7,16H,(H,14,15). The minimum atomic E-state index is -0.849. The van der Waals surface area contributed by atoms with Crippen molar-refractivity contribution in [1.29, 1.82) is 0 Å². The van der Waals surface area contributed by atoms with Crippen LogP contribution in [0.1, 0.15) is 10.4 Å². The van der Waals surface area contributed by atoms with E-state index in [1.165, 1.54) is 5.12 Å². The zero-order valence-electron chi connectivity index (χ0n) is 8.40. The lowest BCUT2D eigenvalue weighted by molar-refractivity contribution is 0.0699. The van der Waals surface area contributed by atoms with Gasteiger partial charge in [0.15, 0.2) is 0 Å². The van der Waals surface area contributed by atoms with E-state index in [1.807, 2.05) is 30.3 Å². The second-order valence-corrected chi connectivity index (χ2v) is 5.03. The largest absolute Gasteiger partial charge is 0.478 e. The molecule has 3 rings (SSSR count). The van der Waals surface area contributed by atoms with E-state index in [4.69, 9.17) is 0 Å². The van der Waals surface area contributed by atoms with Crippen LogP contribution in [0.4, 0.5) is 0 Å². The molecule has 3 aromatic rings. The summed E-state index contributed by atoms with van der Waals surface area (Å²) < 4.78 is 0. The average molecular weight is 228 g/mol. The van der Waals surface area contributed by atoms with E-state index in [9.17, 15) is 9.90 Å². The Labute approximate surface area is 93.6 Å². The maximum atomic E-state index is 11.2. The first-order chi connectivity index (χ1) is 7.77. The Morgan fingerprint density at radius 2 is 1.75 bits per heavy atom. The summed E-state index contributed by atoms with van der Waals surface area (Å²) in [5.74, 6) is -0.849. The summed E-state index contributed by atoms with van der Waals surface area (Å²) in [5, 5.41) is 13.5. The van der Waals surface area contributed by atoms with E-state index >= 15 is 0 Å². The Morgan fingerprint density at radius 3 is 2.56 bits per heavy atom. The third-order valence-corrected chi connectivity index (χ3v) is 4.15. The van der Waals surface area contributed by atoms with Gasteiger partial charge in [0.25, 0.3) is 0 Å². The van der Waals surface area contributed by atoms with Gasteiger partial charge in [-0.1, -0.05) is 36.4 Å². The van der Waals surface area contributed by atoms with Crippen molar-refractivity contribution in [3.63, 3.8) is 0 Å². The van der Waals surface area contributed by atoms with Gasteiger partial charge in [-0.3, -0.25) is 0 Å². The van der Waals surface area contributed by atoms with Crippen molar-refractivity contribution in [3.05, 3.63) is 48.0 Å². The summed E-state index contributed by atoms with van der Waals surface area (Å²) in [7, 11) is 0.577. The number of aromatic carboxylic acids is 1. The molecule has 0 aliphatic heterocycles. The van der Waals surface area contributed by atoms with Crippen LogP contribution in [0.15, 0.2) is 42.5 Å². The molecule has 1 N–H and O–H groups in total. The highest BCUT2D eigenvalue weighted by atomic mass is 31.0. The van der Waals surface area contributed by atoms with Crippen LogP contribution in [0.25, 0.3) is 21.0 Å². The Balaban J connectivity index is 2.57. The number of carboxylic acid groups (broad SMARTS) is 1. The lowest BCUT2D eigenvalue weighted by atomic mass is 10.1. The van der Waals surface area contributed by atoms with Crippen molar-refractivity contribution >= 4 is 35.2 Å². The lowest BCUT2D eigenvalue weighted by Crippen LogP contribution is -1.95. The van der Waals surface area contributed by atoms with Crippen LogP contribution in [-0.2, 0) is 0 Å². The fourth-order valence-corrected chi connectivity index (χ4v) is 3.47. The van der Waals surface area contributed by atoms with Crippen molar-refractivity contribution < 1.29 is 9.90 Å². The highest BCUT2D eigenvalue weighted by Gasteiger charge is 2.11. The predicted molar refractivity (Wildman–Crippen MR) is 67.9 cm³/mol. The van der Waals surface area contributed by atoms with Crippen LogP contribution in [0.3, 0.4) is 0 Å². The van der Waals surface area contributed by atoms with Gasteiger partial charge in [0.1, 0.15) is 0 Å². The van der Waals surface area contributed by atoms with Crippen LogP contribution >= 0.6 is 8.19 Å². The molecule has 78 valence electrons. The second-order valence-electron chi connectivity index (χ2n) is 3.70. The zero-order chi connectivity index (χ0) is 11.1. The summed E-state index contributed by atoms with van der Waals surface area (Å²) in [6.45, 7) is 0. The van der Waals surface area contributed by atoms with E-state index in [1.54, 1.807) is 6.07 Å². The van der Waals surface area contributed by atoms with E-state index < -0.39 is 5.97 Å². The van der Waals surface area contributed by atoms with Gasteiger partial charge in [-0.15, -0.1) is 8.19 Å². The molecule has 1 unspecified atom stereocenters. The van der Waals surface area contributed by atoms with Crippen molar-refractivity contribution in [1.82, 2.24) is 0 Å². The molecule has 0 bridgehead atoms. The number of fused-ring (bicyclic) bond motifs is 3. The van der Waals surface area contributed by atoms with Crippen molar-refractivity contribution in [3.8, 4) is 0 Å². The molecule has 16 heavy (non-hydrogen) atoms. The second kappa shape index (κ2) is 3.36. The summed E-state index contributed by atoms with van der Waals surface area (Å²) in [6, 6.07) is 13.5. The minimum Gasteiger partial charge on any atom is -0.478 e. The van der Waals surface area contributed by atoms with Gasteiger partial charge in [0.2, 0.25) is 0 Å². The molecule has 0 saturated heterocycles. The van der Waals surface area contributed by atoms with Gasteiger partial charge < -0.3 is 5.11 Å². The summed E-state index contributed by atoms with van der Waals surface area (Å²) in [4.78, 5) is 11.2. The minimum absolute atomic E-state index is 0.412. The average Bonchev–Trinajstić information content (AvgIpc) is 2.66. The fraction of sp³-hybridized carbons (Fsp3) is 0. The quantitative estimate of drug-likeness (QED) is 0.689. The Morgan fingerprint density at radius 1 is 1.00 bits per heavy atom. The first kappa shape index (κ1) is 9.44. The first-order valence-corrected chi connectivity index (χ1v) is 6.00. The number of benzene rings is 2. The molecular weight excluding hydrogens is 219 g/mol. The maximum absolute atomic E-state index is 11.2. The molecule has 0 spiro atoms. The van der Waals surface area contributed by atoms with Crippen LogP contribution < -0.4 is 0 Å². The van der Waals surface area contributed by atoms with Gasteiger partial charge >= 0.3 is 5.97 Å². The third kappa shape index (κ3) is 1.24. The topological polar surface area (TPSA) is 37.3 Å². The summed E-state index contributed by atoms with van der Waals surface area (Å²) >= 11 is 0. The monoisotopic (exact) mass is 228 g/mol. The van der Waals surface area contributed by atoms with Crippen molar-refractivity contribution in [2.75, 3.05) is 0 Å². The fourth-order valence-electron chi connectivity index (χ4n) is 2.08. The van der Waals surface area contributed by atoms with Crippen LogP contribution in [-0.4, -0.2) is 11.1 Å². The van der Waals surface area contributed by atoms with E-state index in [-0.39, 0.29) is 0 Å². The van der Waals surface area contributed by atoms with Gasteiger partial charge in [0, 0.05) is 10.5 Å². The maximum Gasteiger partial charge on any atom is 0.336 e. The van der Waals surface area contributed by atoms with Crippen molar-refractivity contribution in [2.24, 2.45) is 0 Å². The molecule has 1 heterocycles. The number of hydrogen-bond acceptors (Lipinski definition) is 1. The number of rotatable bonds is 1. The number of hydrogen-bond donors (Lipinski definition) is 1.